The quantitative estimate of drug-likeness (QED) is 0.367. The Morgan fingerprint density at radius 1 is 1.03 bits per heavy atom. The lowest BCUT2D eigenvalue weighted by molar-refractivity contribution is 0.103. The summed E-state index contributed by atoms with van der Waals surface area (Å²) in [6, 6.07) is 23.2. The van der Waals surface area contributed by atoms with Gasteiger partial charge in [-0.05, 0) is 74.9 Å². The van der Waals surface area contributed by atoms with Crippen LogP contribution in [0.4, 0.5) is 5.69 Å². The van der Waals surface area contributed by atoms with Crippen LogP contribution in [0, 0.1) is 11.3 Å². The Morgan fingerprint density at radius 2 is 1.80 bits per heavy atom. The van der Waals surface area contributed by atoms with Gasteiger partial charge in [-0.3, -0.25) is 4.79 Å². The van der Waals surface area contributed by atoms with Crippen LogP contribution >= 0.6 is 0 Å². The number of para-hydroxylation sites is 1. The number of nitriles is 1. The van der Waals surface area contributed by atoms with Crippen molar-refractivity contribution in [1.82, 2.24) is 9.30 Å². The van der Waals surface area contributed by atoms with Crippen molar-refractivity contribution in [1.29, 1.82) is 5.26 Å². The molecule has 0 aliphatic carbocycles. The molecule has 0 bridgehead atoms. The molecule has 2 aromatic carbocycles. The van der Waals surface area contributed by atoms with Crippen molar-refractivity contribution >= 4 is 27.9 Å². The number of nitrogens with one attached hydrogen (secondary N) is 1. The molecule has 0 unspecified atom stereocenters. The van der Waals surface area contributed by atoms with Gasteiger partial charge >= 0.3 is 0 Å². The van der Waals surface area contributed by atoms with Gasteiger partial charge in [0.15, 0.2) is 0 Å². The zero-order chi connectivity index (χ0) is 21.1. The molecule has 4 aromatic rings. The molecule has 0 fully saturated rings. The van der Waals surface area contributed by atoms with Crippen molar-refractivity contribution in [2.24, 2.45) is 0 Å². The number of carbonyl (C=O) groups is 1. The highest BCUT2D eigenvalue weighted by Crippen LogP contribution is 2.25. The van der Waals surface area contributed by atoms with Crippen molar-refractivity contribution in [2.45, 2.75) is 6.42 Å². The maximum absolute atomic E-state index is 13.3. The minimum atomic E-state index is -0.0954. The second kappa shape index (κ2) is 8.40. The first-order valence-corrected chi connectivity index (χ1v) is 10.0. The molecule has 150 valence electrons. The number of benzene rings is 2. The molecule has 30 heavy (non-hydrogen) atoms. The van der Waals surface area contributed by atoms with Crippen molar-refractivity contribution < 1.29 is 4.79 Å². The number of fused-ring (bicyclic) bond motifs is 3. The van der Waals surface area contributed by atoms with E-state index in [1.807, 2.05) is 65.1 Å². The van der Waals surface area contributed by atoms with Gasteiger partial charge in [-0.25, -0.2) is 0 Å². The molecule has 0 amide bonds. The van der Waals surface area contributed by atoms with E-state index < -0.39 is 0 Å². The fraction of sp³-hybridized carbons (Fsp3) is 0.200. The van der Waals surface area contributed by atoms with Gasteiger partial charge in [-0.1, -0.05) is 24.3 Å². The number of carbonyl (C=O) groups excluding carboxylic acids is 1. The van der Waals surface area contributed by atoms with Crippen LogP contribution in [0.3, 0.4) is 0 Å². The Bertz CT molecular complexity index is 1250. The molecule has 0 atom stereocenters. The van der Waals surface area contributed by atoms with E-state index in [0.29, 0.717) is 16.8 Å². The average molecular weight is 396 g/mol. The molecule has 5 heteroatoms. The van der Waals surface area contributed by atoms with Gasteiger partial charge in [0.2, 0.25) is 5.78 Å². The van der Waals surface area contributed by atoms with E-state index in [-0.39, 0.29) is 5.78 Å². The van der Waals surface area contributed by atoms with Gasteiger partial charge in [0, 0.05) is 17.8 Å². The van der Waals surface area contributed by atoms with Crippen molar-refractivity contribution in [3.63, 3.8) is 0 Å². The average Bonchev–Trinajstić information content (AvgIpc) is 3.16. The van der Waals surface area contributed by atoms with Crippen LogP contribution in [0.15, 0.2) is 66.7 Å². The number of aromatic nitrogens is 1. The number of anilines is 1. The molecule has 5 nitrogen and oxygen atoms in total. The Labute approximate surface area is 176 Å². The number of pyridine rings is 1. The molecule has 1 N–H and O–H groups in total. The highest BCUT2D eigenvalue weighted by atomic mass is 16.1. The summed E-state index contributed by atoms with van der Waals surface area (Å²) in [5, 5.41) is 14.0. The Kier molecular flexibility index (Phi) is 5.51. The lowest BCUT2D eigenvalue weighted by Crippen LogP contribution is -2.16. The minimum absolute atomic E-state index is 0.0954. The van der Waals surface area contributed by atoms with Crippen LogP contribution in [0.1, 0.15) is 28.0 Å². The molecular weight excluding hydrogens is 372 g/mol. The van der Waals surface area contributed by atoms with E-state index in [2.05, 4.69) is 30.4 Å². The van der Waals surface area contributed by atoms with Gasteiger partial charge in [0.1, 0.15) is 6.07 Å². The van der Waals surface area contributed by atoms with Crippen LogP contribution in [-0.2, 0) is 0 Å². The fourth-order valence-corrected chi connectivity index (χ4v) is 3.72. The molecule has 0 saturated heterocycles. The van der Waals surface area contributed by atoms with Crippen LogP contribution in [0.5, 0.6) is 0 Å². The third-order valence-electron chi connectivity index (χ3n) is 5.25. The van der Waals surface area contributed by atoms with Crippen LogP contribution < -0.4 is 5.32 Å². The molecule has 2 aromatic heterocycles. The monoisotopic (exact) mass is 396 g/mol. The first kappa shape index (κ1) is 19.7. The molecule has 4 rings (SSSR count). The SMILES string of the molecule is CN(C)CCCNc1ccc(C(=O)c2cc(C#N)c3ccc4ccccc4n23)cc1. The maximum Gasteiger partial charge on any atom is 0.209 e. The summed E-state index contributed by atoms with van der Waals surface area (Å²) in [5.41, 5.74) is 4.27. The third-order valence-corrected chi connectivity index (χ3v) is 5.25. The normalized spacial score (nSPS) is 11.1. The third kappa shape index (κ3) is 3.78. The summed E-state index contributed by atoms with van der Waals surface area (Å²) >= 11 is 0. The number of hydrogen-bond donors (Lipinski definition) is 1. The second-order valence-corrected chi connectivity index (χ2v) is 7.66. The summed E-state index contributed by atoms with van der Waals surface area (Å²) in [6.45, 7) is 1.91. The van der Waals surface area contributed by atoms with Crippen molar-refractivity contribution in [3.8, 4) is 6.07 Å². The number of nitrogens with zero attached hydrogens (tertiary/aromatic N) is 3. The number of hydrogen-bond acceptors (Lipinski definition) is 4. The highest BCUT2D eigenvalue weighted by Gasteiger charge is 2.18. The minimum Gasteiger partial charge on any atom is -0.385 e. The maximum atomic E-state index is 13.3. The molecule has 0 saturated carbocycles. The first-order chi connectivity index (χ1) is 14.6. The zero-order valence-corrected chi connectivity index (χ0v) is 17.2. The highest BCUT2D eigenvalue weighted by molar-refractivity contribution is 6.10. The van der Waals surface area contributed by atoms with Crippen LogP contribution in [-0.4, -0.2) is 42.3 Å². The predicted molar refractivity (Wildman–Crippen MR) is 121 cm³/mol. The molecular formula is C25H24N4O. The van der Waals surface area contributed by atoms with E-state index in [9.17, 15) is 10.1 Å². The molecule has 0 spiro atoms. The standard InChI is InChI=1S/C25H24N4O/c1-28(2)15-5-14-27-21-11-8-19(9-12-21)25(30)24-16-20(17-26)23-13-10-18-6-3-4-7-22(18)29(23)24/h3-4,6-13,16,27H,5,14-15H2,1-2H3. The summed E-state index contributed by atoms with van der Waals surface area (Å²) in [5.74, 6) is -0.0954. The summed E-state index contributed by atoms with van der Waals surface area (Å²) in [7, 11) is 4.12. The van der Waals surface area contributed by atoms with E-state index in [0.717, 1.165) is 41.6 Å². The molecule has 2 heterocycles. The van der Waals surface area contributed by atoms with Gasteiger partial charge < -0.3 is 14.6 Å². The van der Waals surface area contributed by atoms with Crippen LogP contribution in [0.2, 0.25) is 0 Å². The summed E-state index contributed by atoms with van der Waals surface area (Å²) < 4.78 is 1.89. The smallest absolute Gasteiger partial charge is 0.209 e. The Morgan fingerprint density at radius 3 is 2.53 bits per heavy atom. The molecule has 0 aliphatic heterocycles. The van der Waals surface area contributed by atoms with Crippen molar-refractivity contribution in [3.05, 3.63) is 83.6 Å². The number of ketones is 1. The topological polar surface area (TPSA) is 60.5 Å². The first-order valence-electron chi connectivity index (χ1n) is 10.0. The predicted octanol–water partition coefficient (Wildman–Crippen LogP) is 4.56. The van der Waals surface area contributed by atoms with E-state index in [1.54, 1.807) is 6.07 Å². The fourth-order valence-electron chi connectivity index (χ4n) is 3.72. The Hall–Kier alpha value is -3.62. The number of rotatable bonds is 7. The van der Waals surface area contributed by atoms with Gasteiger partial charge in [0.25, 0.3) is 0 Å². The zero-order valence-electron chi connectivity index (χ0n) is 17.2. The Balaban J connectivity index is 1.65. The lowest BCUT2D eigenvalue weighted by Gasteiger charge is -2.11. The summed E-state index contributed by atoms with van der Waals surface area (Å²) in [6.07, 6.45) is 1.05. The largest absolute Gasteiger partial charge is 0.385 e. The molecule has 0 aliphatic rings. The van der Waals surface area contributed by atoms with Gasteiger partial charge in [-0.15, -0.1) is 0 Å². The summed E-state index contributed by atoms with van der Waals surface area (Å²) in [4.78, 5) is 15.5. The van der Waals surface area contributed by atoms with E-state index >= 15 is 0 Å². The van der Waals surface area contributed by atoms with E-state index in [1.165, 1.54) is 0 Å². The van der Waals surface area contributed by atoms with Gasteiger partial charge in [-0.2, -0.15) is 5.26 Å². The lowest BCUT2D eigenvalue weighted by atomic mass is 10.1. The second-order valence-electron chi connectivity index (χ2n) is 7.66. The van der Waals surface area contributed by atoms with Crippen LogP contribution in [0.25, 0.3) is 16.4 Å². The van der Waals surface area contributed by atoms with Gasteiger partial charge in [0.05, 0.1) is 22.3 Å². The van der Waals surface area contributed by atoms with Crippen molar-refractivity contribution in [2.75, 3.05) is 32.5 Å². The molecule has 0 radical (unpaired) electrons. The van der Waals surface area contributed by atoms with E-state index in [4.69, 9.17) is 0 Å².